The molecule has 1 aromatic carbocycles. The molecule has 0 aromatic heterocycles. The molecule has 0 radical (unpaired) electrons. The number of halogens is 1. The second-order valence-corrected chi connectivity index (χ2v) is 5.76. The van der Waals surface area contributed by atoms with Crippen LogP contribution >= 0.6 is 12.6 Å². The van der Waals surface area contributed by atoms with Crippen molar-refractivity contribution in [3.63, 3.8) is 0 Å². The summed E-state index contributed by atoms with van der Waals surface area (Å²) in [5.74, 6) is -0.720. The summed E-state index contributed by atoms with van der Waals surface area (Å²) in [7, 11) is 2.96. The Labute approximate surface area is 204 Å². The zero-order valence-electron chi connectivity index (χ0n) is 20.7. The van der Waals surface area contributed by atoms with Gasteiger partial charge in [-0.05, 0) is 43.4 Å². The molecule has 0 fully saturated rings. The van der Waals surface area contributed by atoms with Crippen LogP contribution in [0.5, 0.6) is 0 Å². The molecule has 0 aliphatic rings. The first-order valence-corrected chi connectivity index (χ1v) is 11.5. The van der Waals surface area contributed by atoms with E-state index >= 15 is 0 Å². The normalized spacial score (nSPS) is 12.3. The van der Waals surface area contributed by atoms with Crippen molar-refractivity contribution in [2.75, 3.05) is 20.4 Å². The Balaban J connectivity index is 0. The zero-order valence-corrected chi connectivity index (χ0v) is 21.6. The number of rotatable bonds is 9. The fourth-order valence-corrected chi connectivity index (χ4v) is 2.59. The average Bonchev–Trinajstić information content (AvgIpc) is 2.87. The molecular formula is C26H37FN4OS. The van der Waals surface area contributed by atoms with Crippen LogP contribution in [-0.4, -0.2) is 43.9 Å². The van der Waals surface area contributed by atoms with Crippen LogP contribution in [-0.2, 0) is 4.74 Å². The van der Waals surface area contributed by atoms with E-state index in [1.165, 1.54) is 31.7 Å². The maximum atomic E-state index is 14.5. The highest BCUT2D eigenvalue weighted by atomic mass is 32.1. The van der Waals surface area contributed by atoms with E-state index in [4.69, 9.17) is 15.6 Å². The maximum absolute atomic E-state index is 14.5. The monoisotopic (exact) mass is 472 g/mol. The molecule has 0 bridgehead atoms. The lowest BCUT2D eigenvalue weighted by molar-refractivity contribution is 0.401. The topological polar surface area (TPSA) is 81.7 Å². The van der Waals surface area contributed by atoms with Gasteiger partial charge in [0.2, 0.25) is 5.90 Å². The van der Waals surface area contributed by atoms with E-state index in [1.54, 1.807) is 44.5 Å². The fraction of sp³-hybridized carbons (Fsp3) is 0.308. The number of thiol groups is 1. The van der Waals surface area contributed by atoms with Gasteiger partial charge in [0.05, 0.1) is 24.1 Å². The molecule has 0 aliphatic heterocycles. The third-order valence-corrected chi connectivity index (χ3v) is 4.00. The highest BCUT2D eigenvalue weighted by Crippen LogP contribution is 2.24. The van der Waals surface area contributed by atoms with Gasteiger partial charge in [-0.2, -0.15) is 12.6 Å². The lowest BCUT2D eigenvalue weighted by Gasteiger charge is -2.18. The minimum absolute atomic E-state index is 0.102. The van der Waals surface area contributed by atoms with Gasteiger partial charge in [0.25, 0.3) is 0 Å². The molecule has 33 heavy (non-hydrogen) atoms. The summed E-state index contributed by atoms with van der Waals surface area (Å²) < 4.78 is 19.7. The molecule has 7 heteroatoms. The summed E-state index contributed by atoms with van der Waals surface area (Å²) >= 11 is 3.53. The van der Waals surface area contributed by atoms with E-state index in [0.29, 0.717) is 11.3 Å². The van der Waals surface area contributed by atoms with Crippen molar-refractivity contribution in [3.05, 3.63) is 83.4 Å². The minimum Gasteiger partial charge on any atom is -0.481 e. The van der Waals surface area contributed by atoms with Crippen LogP contribution < -0.4 is 0 Å². The Bertz CT molecular complexity index is 928. The summed E-state index contributed by atoms with van der Waals surface area (Å²) in [6.45, 7) is 11.3. The molecule has 0 saturated carbocycles. The van der Waals surface area contributed by atoms with Crippen molar-refractivity contribution >= 4 is 36.2 Å². The summed E-state index contributed by atoms with van der Waals surface area (Å²) in [5, 5.41) is 17.2. The number of methoxy groups -OCH3 is 1. The highest BCUT2D eigenvalue weighted by Gasteiger charge is 2.24. The van der Waals surface area contributed by atoms with E-state index in [0.717, 1.165) is 6.42 Å². The number of hydrogen-bond donors (Lipinski definition) is 3. The first-order valence-electron chi connectivity index (χ1n) is 10.6. The van der Waals surface area contributed by atoms with Gasteiger partial charge in [-0.1, -0.05) is 51.6 Å². The van der Waals surface area contributed by atoms with Gasteiger partial charge in [-0.3, -0.25) is 20.8 Å². The van der Waals surface area contributed by atoms with Gasteiger partial charge in [-0.15, -0.1) is 0 Å². The molecule has 0 unspecified atom stereocenters. The smallest absolute Gasteiger partial charge is 0.215 e. The Hall–Kier alpha value is -3.06. The number of hydrogen-bond acceptors (Lipinski definition) is 6. The van der Waals surface area contributed by atoms with Crippen molar-refractivity contribution in [2.24, 2.45) is 9.98 Å². The third kappa shape index (κ3) is 9.95. The Kier molecular flexibility index (Phi) is 19.1. The van der Waals surface area contributed by atoms with Crippen molar-refractivity contribution in [1.82, 2.24) is 0 Å². The van der Waals surface area contributed by atoms with Crippen molar-refractivity contribution < 1.29 is 9.13 Å². The second-order valence-electron chi connectivity index (χ2n) is 5.76. The molecular weight excluding hydrogens is 435 g/mol. The molecule has 0 aliphatic carbocycles. The van der Waals surface area contributed by atoms with Crippen LogP contribution in [0.25, 0.3) is 0 Å². The maximum Gasteiger partial charge on any atom is 0.215 e. The molecule has 180 valence electrons. The predicted molar refractivity (Wildman–Crippen MR) is 146 cm³/mol. The molecule has 5 nitrogen and oxygen atoms in total. The summed E-state index contributed by atoms with van der Waals surface area (Å²) in [6, 6.07) is 6.03. The van der Waals surface area contributed by atoms with E-state index in [2.05, 4.69) is 29.2 Å². The van der Waals surface area contributed by atoms with E-state index in [1.807, 2.05) is 26.8 Å². The molecule has 0 heterocycles. The number of aliphatic imine (C=N–C) groups is 2. The minimum atomic E-state index is -0.534. The van der Waals surface area contributed by atoms with Crippen LogP contribution in [0.2, 0.25) is 0 Å². The number of ether oxygens (including phenoxy) is 1. The van der Waals surface area contributed by atoms with Crippen molar-refractivity contribution in [2.45, 2.75) is 34.1 Å². The molecule has 0 atom stereocenters. The summed E-state index contributed by atoms with van der Waals surface area (Å²) in [5.41, 5.74) is 1.52. The van der Waals surface area contributed by atoms with Crippen molar-refractivity contribution in [3.8, 4) is 0 Å². The third-order valence-electron chi connectivity index (χ3n) is 4.00. The quantitative estimate of drug-likeness (QED) is 0.156. The van der Waals surface area contributed by atoms with Crippen LogP contribution in [0.4, 0.5) is 4.39 Å². The largest absolute Gasteiger partial charge is 0.481 e. The Morgan fingerprint density at radius 1 is 1.18 bits per heavy atom. The Morgan fingerprint density at radius 2 is 1.79 bits per heavy atom. The number of nitrogens with one attached hydrogen (secondary N) is 2. The standard InChI is InChI=1S/C23H27FN4O.C2H6.CH4S/c1-6-9-14-19(27-4)21(23(26)29-5)20(16(7-2)15-28-8-3)22(25)17-12-10-11-13-18(17)24;2*1-2/h7-15,25-26H,3,6H2,1-2,4-5H3;1-2H3;2H,1H3/b14-9-,16-7+,21-20-,25-22?,26-23?,27-19?,28-15?;;. The average molecular weight is 473 g/mol. The first-order chi connectivity index (χ1) is 16.0. The lowest BCUT2D eigenvalue weighted by atomic mass is 9.88. The Morgan fingerprint density at radius 3 is 2.24 bits per heavy atom. The molecule has 0 saturated heterocycles. The molecule has 0 spiro atoms. The SMILES string of the molecule is C=CN=CC(=C\C)/C(C(=N)c1ccccc1F)=C(/C(=N)OC)C(/C=C\CC)=NC.CC.CS. The van der Waals surface area contributed by atoms with Crippen LogP contribution in [0.1, 0.15) is 39.7 Å². The molecule has 0 amide bonds. The van der Waals surface area contributed by atoms with Crippen LogP contribution in [0.3, 0.4) is 0 Å². The fourth-order valence-electron chi connectivity index (χ4n) is 2.59. The number of benzene rings is 1. The molecule has 1 aromatic rings. The van der Waals surface area contributed by atoms with Gasteiger partial charge < -0.3 is 4.74 Å². The first kappa shape index (κ1) is 32.1. The highest BCUT2D eigenvalue weighted by molar-refractivity contribution is 7.79. The number of nitrogens with zero attached hydrogens (tertiary/aromatic N) is 2. The number of allylic oxidation sites excluding steroid dienone is 5. The van der Waals surface area contributed by atoms with Crippen molar-refractivity contribution in [1.29, 1.82) is 10.8 Å². The van der Waals surface area contributed by atoms with Crippen LogP contribution in [0, 0.1) is 16.6 Å². The van der Waals surface area contributed by atoms with E-state index < -0.39 is 5.82 Å². The molecule has 1 rings (SSSR count). The lowest BCUT2D eigenvalue weighted by Crippen LogP contribution is -2.21. The predicted octanol–water partition coefficient (Wildman–Crippen LogP) is 6.88. The summed E-state index contributed by atoms with van der Waals surface area (Å²) in [6.07, 6.45) is 10.7. The van der Waals surface area contributed by atoms with Gasteiger partial charge in [0.1, 0.15) is 5.82 Å². The van der Waals surface area contributed by atoms with E-state index in [9.17, 15) is 4.39 Å². The van der Waals surface area contributed by atoms with Crippen LogP contribution in [0.15, 0.2) is 82.0 Å². The second kappa shape index (κ2) is 19.6. The molecule has 2 N–H and O–H groups in total. The van der Waals surface area contributed by atoms with Gasteiger partial charge >= 0.3 is 0 Å². The van der Waals surface area contributed by atoms with Gasteiger partial charge in [0.15, 0.2) is 0 Å². The van der Waals surface area contributed by atoms with E-state index in [-0.39, 0.29) is 28.3 Å². The summed E-state index contributed by atoms with van der Waals surface area (Å²) in [4.78, 5) is 8.33. The zero-order chi connectivity index (χ0) is 25.8. The van der Waals surface area contributed by atoms with Gasteiger partial charge in [0, 0.05) is 30.6 Å². The van der Waals surface area contributed by atoms with Gasteiger partial charge in [-0.25, -0.2) is 4.39 Å².